The van der Waals surface area contributed by atoms with Gasteiger partial charge in [0.1, 0.15) is 0 Å². The van der Waals surface area contributed by atoms with E-state index in [1.807, 2.05) is 17.8 Å². The van der Waals surface area contributed by atoms with Crippen molar-refractivity contribution < 1.29 is 0 Å². The van der Waals surface area contributed by atoms with Crippen molar-refractivity contribution in [3.63, 3.8) is 0 Å². The van der Waals surface area contributed by atoms with Crippen molar-refractivity contribution in [2.24, 2.45) is 0 Å². The Morgan fingerprint density at radius 1 is 0.468 bits per heavy atom. The zero-order valence-electron chi connectivity index (χ0n) is 25.2. The van der Waals surface area contributed by atoms with E-state index in [9.17, 15) is 0 Å². The Bertz CT molecular complexity index is 2400. The average Bonchev–Trinajstić information content (AvgIpc) is 3.74. The van der Waals surface area contributed by atoms with Crippen molar-refractivity contribution in [2.75, 3.05) is 0 Å². The molecule has 1 aliphatic carbocycles. The first-order chi connectivity index (χ1) is 23.3. The van der Waals surface area contributed by atoms with Gasteiger partial charge in [-0.3, -0.25) is 0 Å². The molecule has 0 fully saturated rings. The van der Waals surface area contributed by atoms with E-state index in [-0.39, 0.29) is 0 Å². The molecule has 4 heteroatoms. The Labute approximate surface area is 281 Å². The Balaban J connectivity index is 1.33. The van der Waals surface area contributed by atoms with Gasteiger partial charge in [0, 0.05) is 36.6 Å². The minimum absolute atomic E-state index is 0.452. The van der Waals surface area contributed by atoms with E-state index in [4.69, 9.17) is 9.97 Å². The van der Waals surface area contributed by atoms with Gasteiger partial charge in [0.25, 0.3) is 0 Å². The standard InChI is InChI=1S/C43H26N2S2/c1-3-13-27(14-4-1)36-26-37(45-42(44-36)28-15-5-2-6-16-28)31-25-35-40(30-23-24-46-41(30)31)29-17-7-8-18-32(29)43(35)33-19-9-11-21-38(33)47-39-22-12-10-20-34(39)43/h1-26H. The van der Waals surface area contributed by atoms with Gasteiger partial charge in [-0.2, -0.15) is 0 Å². The van der Waals surface area contributed by atoms with E-state index >= 15 is 0 Å². The van der Waals surface area contributed by atoms with Crippen LogP contribution >= 0.6 is 23.1 Å². The smallest absolute Gasteiger partial charge is 0.160 e. The molecule has 2 aromatic heterocycles. The van der Waals surface area contributed by atoms with E-state index in [2.05, 4.69) is 151 Å². The molecule has 0 saturated heterocycles. The molecule has 6 aromatic carbocycles. The molecule has 10 rings (SSSR count). The number of thiophene rings is 1. The fourth-order valence-corrected chi connectivity index (χ4v) is 9.84. The van der Waals surface area contributed by atoms with Gasteiger partial charge in [-0.05, 0) is 69.1 Å². The maximum atomic E-state index is 5.32. The van der Waals surface area contributed by atoms with Crippen molar-refractivity contribution >= 4 is 33.2 Å². The highest BCUT2D eigenvalue weighted by Crippen LogP contribution is 2.64. The molecule has 0 saturated carbocycles. The van der Waals surface area contributed by atoms with E-state index in [0.29, 0.717) is 0 Å². The number of fused-ring (bicyclic) bond motifs is 11. The van der Waals surface area contributed by atoms with Crippen molar-refractivity contribution in [3.05, 3.63) is 179 Å². The SMILES string of the molecule is c1ccc(-c2cc(-c3cc4c(c5ccsc35)-c3ccccc3C43c4ccccc4Sc4ccccc43)nc(-c3ccccc3)n2)cc1. The van der Waals surface area contributed by atoms with Gasteiger partial charge < -0.3 is 0 Å². The maximum Gasteiger partial charge on any atom is 0.160 e. The summed E-state index contributed by atoms with van der Waals surface area (Å²) in [6.07, 6.45) is 0. The fraction of sp³-hybridized carbons (Fsp3) is 0.0233. The second kappa shape index (κ2) is 10.4. The van der Waals surface area contributed by atoms with Gasteiger partial charge in [-0.25, -0.2) is 9.97 Å². The summed E-state index contributed by atoms with van der Waals surface area (Å²) in [4.78, 5) is 13.0. The molecule has 0 N–H and O–H groups in total. The van der Waals surface area contributed by atoms with Crippen molar-refractivity contribution in [2.45, 2.75) is 15.2 Å². The van der Waals surface area contributed by atoms with Crippen molar-refractivity contribution in [1.82, 2.24) is 9.97 Å². The van der Waals surface area contributed by atoms with E-state index in [1.165, 1.54) is 53.3 Å². The van der Waals surface area contributed by atoms with Crippen LogP contribution in [0.25, 0.3) is 55.1 Å². The molecular formula is C43H26N2S2. The summed E-state index contributed by atoms with van der Waals surface area (Å²) in [5.74, 6) is 0.731. The van der Waals surface area contributed by atoms with Crippen molar-refractivity contribution in [1.29, 1.82) is 0 Å². The van der Waals surface area contributed by atoms with Gasteiger partial charge in [-0.1, -0.05) is 133 Å². The lowest BCUT2D eigenvalue weighted by Crippen LogP contribution is -2.32. The molecule has 0 bridgehead atoms. The summed E-state index contributed by atoms with van der Waals surface area (Å²) in [6.45, 7) is 0. The third-order valence-electron chi connectivity index (χ3n) is 9.65. The van der Waals surface area contributed by atoms with E-state index < -0.39 is 5.41 Å². The number of nitrogens with zero attached hydrogens (tertiary/aromatic N) is 2. The van der Waals surface area contributed by atoms with Crippen LogP contribution in [0.3, 0.4) is 0 Å². The van der Waals surface area contributed by atoms with Gasteiger partial charge in [0.15, 0.2) is 5.82 Å². The van der Waals surface area contributed by atoms with Crippen LogP contribution in [0.1, 0.15) is 22.3 Å². The second-order valence-electron chi connectivity index (χ2n) is 12.1. The third kappa shape index (κ3) is 3.86. The van der Waals surface area contributed by atoms with E-state index in [0.717, 1.165) is 33.9 Å². The molecule has 1 aliphatic heterocycles. The van der Waals surface area contributed by atoms with Crippen LogP contribution in [0, 0.1) is 0 Å². The van der Waals surface area contributed by atoms with Crippen molar-refractivity contribution in [3.8, 4) is 45.0 Å². The first-order valence-electron chi connectivity index (χ1n) is 15.8. The summed E-state index contributed by atoms with van der Waals surface area (Å²) in [5.41, 5.74) is 12.6. The minimum atomic E-state index is -0.452. The van der Waals surface area contributed by atoms with Gasteiger partial charge in [0.2, 0.25) is 0 Å². The molecule has 47 heavy (non-hydrogen) atoms. The maximum absolute atomic E-state index is 5.32. The molecule has 3 heterocycles. The van der Waals surface area contributed by atoms with Crippen LogP contribution in [0.5, 0.6) is 0 Å². The highest BCUT2D eigenvalue weighted by atomic mass is 32.2. The predicted molar refractivity (Wildman–Crippen MR) is 195 cm³/mol. The Morgan fingerprint density at radius 2 is 1.06 bits per heavy atom. The quantitative estimate of drug-likeness (QED) is 0.193. The molecule has 0 atom stereocenters. The molecule has 8 aromatic rings. The highest BCUT2D eigenvalue weighted by Gasteiger charge is 2.51. The highest BCUT2D eigenvalue weighted by molar-refractivity contribution is 7.99. The average molecular weight is 635 g/mol. The monoisotopic (exact) mass is 634 g/mol. The minimum Gasteiger partial charge on any atom is -0.228 e. The predicted octanol–water partition coefficient (Wildman–Crippen LogP) is 11.5. The first kappa shape index (κ1) is 26.9. The molecule has 0 radical (unpaired) electrons. The topological polar surface area (TPSA) is 25.8 Å². The molecule has 2 nitrogen and oxygen atoms in total. The largest absolute Gasteiger partial charge is 0.228 e. The van der Waals surface area contributed by atoms with Crippen LogP contribution in [-0.2, 0) is 5.41 Å². The normalized spacial score (nSPS) is 13.6. The van der Waals surface area contributed by atoms with Crippen LogP contribution in [0.2, 0.25) is 0 Å². The van der Waals surface area contributed by atoms with Crippen LogP contribution in [0.4, 0.5) is 0 Å². The molecule has 0 unspecified atom stereocenters. The summed E-state index contributed by atoms with van der Waals surface area (Å²) in [6, 6.07) is 54.8. The van der Waals surface area contributed by atoms with Crippen LogP contribution in [0.15, 0.2) is 167 Å². The molecule has 0 amide bonds. The number of hydrogen-bond acceptors (Lipinski definition) is 4. The number of aromatic nitrogens is 2. The Kier molecular flexibility index (Phi) is 5.93. The molecule has 2 aliphatic rings. The Morgan fingerprint density at radius 3 is 1.79 bits per heavy atom. The summed E-state index contributed by atoms with van der Waals surface area (Å²) >= 11 is 3.67. The van der Waals surface area contributed by atoms with Gasteiger partial charge in [-0.15, -0.1) is 11.3 Å². The Hall–Kier alpha value is -5.29. The lowest BCUT2D eigenvalue weighted by molar-refractivity contribution is 0.723. The summed E-state index contributed by atoms with van der Waals surface area (Å²) in [5, 5.41) is 3.51. The molecular weight excluding hydrogens is 609 g/mol. The number of benzene rings is 6. The molecule has 220 valence electrons. The first-order valence-corrected chi connectivity index (χ1v) is 17.5. The lowest BCUT2D eigenvalue weighted by Gasteiger charge is -2.39. The molecule has 1 spiro atoms. The lowest BCUT2D eigenvalue weighted by atomic mass is 9.67. The van der Waals surface area contributed by atoms with Crippen LogP contribution < -0.4 is 0 Å². The van der Waals surface area contributed by atoms with E-state index in [1.54, 1.807) is 11.3 Å². The summed E-state index contributed by atoms with van der Waals surface area (Å²) in [7, 11) is 0. The zero-order chi connectivity index (χ0) is 31.0. The third-order valence-corrected chi connectivity index (χ3v) is 11.7. The van der Waals surface area contributed by atoms with Crippen LogP contribution in [-0.4, -0.2) is 9.97 Å². The zero-order valence-corrected chi connectivity index (χ0v) is 26.9. The fourth-order valence-electron chi connectivity index (χ4n) is 7.72. The summed E-state index contributed by atoms with van der Waals surface area (Å²) < 4.78 is 1.25. The number of rotatable bonds is 3. The van der Waals surface area contributed by atoms with Gasteiger partial charge in [0.05, 0.1) is 16.8 Å². The second-order valence-corrected chi connectivity index (χ2v) is 14.1. The number of hydrogen-bond donors (Lipinski definition) is 0. The van der Waals surface area contributed by atoms with Gasteiger partial charge >= 0.3 is 0 Å².